The Hall–Kier alpha value is -1.52. The van der Waals surface area contributed by atoms with Crippen LogP contribution in [0.5, 0.6) is 0 Å². The number of rotatable bonds is 2. The van der Waals surface area contributed by atoms with E-state index in [1.165, 1.54) is 37.5 Å². The van der Waals surface area contributed by atoms with Crippen LogP contribution >= 0.6 is 0 Å². The summed E-state index contributed by atoms with van der Waals surface area (Å²) in [7, 11) is 0. The predicted octanol–water partition coefficient (Wildman–Crippen LogP) is 4.26. The number of carbonyl (C=O) groups is 1. The van der Waals surface area contributed by atoms with E-state index in [-0.39, 0.29) is 11.6 Å². The lowest BCUT2D eigenvalue weighted by atomic mass is 9.79. The van der Waals surface area contributed by atoms with E-state index in [2.05, 4.69) is 5.32 Å². The Bertz CT molecular complexity index is 627. The van der Waals surface area contributed by atoms with Crippen molar-refractivity contribution in [1.82, 2.24) is 5.32 Å². The van der Waals surface area contributed by atoms with Gasteiger partial charge in [0.15, 0.2) is 0 Å². The first-order chi connectivity index (χ1) is 10.9. The van der Waals surface area contributed by atoms with Gasteiger partial charge in [-0.25, -0.2) is 0 Å². The highest BCUT2D eigenvalue weighted by molar-refractivity contribution is 5.96. The Morgan fingerprint density at radius 2 is 1.78 bits per heavy atom. The number of carbonyl (C=O) groups excluding carboxylic acids is 1. The van der Waals surface area contributed by atoms with Crippen molar-refractivity contribution in [3.05, 3.63) is 35.4 Å². The van der Waals surface area contributed by atoms with E-state index >= 15 is 0 Å². The molecule has 1 amide bonds. The van der Waals surface area contributed by atoms with Gasteiger partial charge in [-0.2, -0.15) is 13.2 Å². The molecule has 0 unspecified atom stereocenters. The molecule has 5 heteroatoms. The minimum atomic E-state index is -4.50. The minimum Gasteiger partial charge on any atom is -0.349 e. The lowest BCUT2D eigenvalue weighted by molar-refractivity contribution is -0.137. The number of alkyl halides is 3. The van der Waals surface area contributed by atoms with Crippen LogP contribution in [0.4, 0.5) is 13.2 Å². The number of benzene rings is 1. The molecule has 3 saturated carbocycles. The summed E-state index contributed by atoms with van der Waals surface area (Å²) in [6.45, 7) is 0. The molecule has 3 aliphatic rings. The Morgan fingerprint density at radius 1 is 1.04 bits per heavy atom. The van der Waals surface area contributed by atoms with Crippen LogP contribution in [0, 0.1) is 23.7 Å². The molecule has 0 aliphatic heterocycles. The third-order valence-corrected chi connectivity index (χ3v) is 6.22. The van der Waals surface area contributed by atoms with E-state index in [0.29, 0.717) is 17.8 Å². The van der Waals surface area contributed by atoms with Crippen molar-refractivity contribution in [1.29, 1.82) is 0 Å². The van der Waals surface area contributed by atoms with E-state index in [9.17, 15) is 18.0 Å². The summed E-state index contributed by atoms with van der Waals surface area (Å²) in [6.07, 6.45) is 1.35. The van der Waals surface area contributed by atoms with Gasteiger partial charge in [0.2, 0.25) is 0 Å². The van der Waals surface area contributed by atoms with Crippen LogP contribution in [0.15, 0.2) is 24.3 Å². The number of amides is 1. The van der Waals surface area contributed by atoms with E-state index < -0.39 is 17.6 Å². The predicted molar refractivity (Wildman–Crippen MR) is 79.7 cm³/mol. The van der Waals surface area contributed by atoms with E-state index in [4.69, 9.17) is 0 Å². The molecule has 23 heavy (non-hydrogen) atoms. The second-order valence-electron chi connectivity index (χ2n) is 7.28. The number of nitrogens with one attached hydrogen (secondary N) is 1. The summed E-state index contributed by atoms with van der Waals surface area (Å²) >= 11 is 0. The Kier molecular flexibility index (Phi) is 3.43. The molecular formula is C18H20F3NO. The normalized spacial score (nSPS) is 35.3. The average Bonchev–Trinajstić information content (AvgIpc) is 3.18. The summed E-state index contributed by atoms with van der Waals surface area (Å²) < 4.78 is 39.2. The van der Waals surface area contributed by atoms with Gasteiger partial charge in [-0.3, -0.25) is 4.79 Å². The molecule has 0 radical (unpaired) electrons. The van der Waals surface area contributed by atoms with Crippen molar-refractivity contribution < 1.29 is 18.0 Å². The smallest absolute Gasteiger partial charge is 0.349 e. The lowest BCUT2D eigenvalue weighted by Crippen LogP contribution is -2.43. The SMILES string of the molecule is O=C(N[C@@H]1C[C@H]2C[C@H]1[C@@H]1CCC[C@@H]21)c1ccccc1C(F)(F)F. The van der Waals surface area contributed by atoms with Gasteiger partial charge in [-0.15, -0.1) is 0 Å². The fraction of sp³-hybridized carbons (Fsp3) is 0.611. The molecule has 1 aromatic carbocycles. The fourth-order valence-corrected chi connectivity index (χ4v) is 5.41. The number of hydrogen-bond acceptors (Lipinski definition) is 1. The van der Waals surface area contributed by atoms with Crippen LogP contribution in [-0.4, -0.2) is 11.9 Å². The maximum atomic E-state index is 13.1. The second-order valence-corrected chi connectivity index (χ2v) is 7.28. The first-order valence-electron chi connectivity index (χ1n) is 8.42. The second kappa shape index (κ2) is 5.25. The van der Waals surface area contributed by atoms with Gasteiger partial charge in [-0.1, -0.05) is 18.6 Å². The zero-order chi connectivity index (χ0) is 16.2. The molecule has 124 valence electrons. The van der Waals surface area contributed by atoms with Gasteiger partial charge in [0, 0.05) is 6.04 Å². The summed E-state index contributed by atoms with van der Waals surface area (Å²) in [5.74, 6) is 2.03. The summed E-state index contributed by atoms with van der Waals surface area (Å²) in [5.41, 5.74) is -1.11. The molecule has 4 rings (SSSR count). The zero-order valence-electron chi connectivity index (χ0n) is 12.8. The highest BCUT2D eigenvalue weighted by Crippen LogP contribution is 2.58. The van der Waals surface area contributed by atoms with E-state index in [1.807, 2.05) is 0 Å². The topological polar surface area (TPSA) is 29.1 Å². The molecule has 2 nitrogen and oxygen atoms in total. The van der Waals surface area contributed by atoms with Gasteiger partial charge < -0.3 is 5.32 Å². The summed E-state index contributed by atoms with van der Waals surface area (Å²) in [4.78, 5) is 12.4. The van der Waals surface area contributed by atoms with Crippen LogP contribution in [0.3, 0.4) is 0 Å². The van der Waals surface area contributed by atoms with Crippen LogP contribution in [-0.2, 0) is 6.18 Å². The van der Waals surface area contributed by atoms with Crippen LogP contribution in [0.1, 0.15) is 48.0 Å². The van der Waals surface area contributed by atoms with Crippen LogP contribution in [0.2, 0.25) is 0 Å². The molecule has 0 heterocycles. The standard InChI is InChI=1S/C18H20F3NO/c19-18(20,21)15-7-2-1-4-13(15)17(23)22-16-9-10-8-14(16)12-6-3-5-11(10)12/h1-2,4,7,10-12,14,16H,3,5-6,8-9H2,(H,22,23)/t10-,11+,12-,14+,16-/m1/s1. The van der Waals surface area contributed by atoms with Crippen LogP contribution < -0.4 is 5.32 Å². The summed E-state index contributed by atoms with van der Waals surface area (Å²) in [6, 6.07) is 5.10. The molecule has 1 N–H and O–H groups in total. The molecule has 3 fully saturated rings. The summed E-state index contributed by atoms with van der Waals surface area (Å²) in [5, 5.41) is 2.91. The first-order valence-corrected chi connectivity index (χ1v) is 8.42. The lowest BCUT2D eigenvalue weighted by Gasteiger charge is -2.32. The van der Waals surface area contributed by atoms with E-state index in [1.54, 1.807) is 0 Å². The molecule has 0 aromatic heterocycles. The van der Waals surface area contributed by atoms with Crippen molar-refractivity contribution in [2.45, 2.75) is 44.3 Å². The third-order valence-electron chi connectivity index (χ3n) is 6.22. The van der Waals surface area contributed by atoms with Gasteiger partial charge in [0.25, 0.3) is 5.91 Å². The third kappa shape index (κ3) is 2.45. The number of halogens is 3. The van der Waals surface area contributed by atoms with Gasteiger partial charge >= 0.3 is 6.18 Å². The van der Waals surface area contributed by atoms with E-state index in [0.717, 1.165) is 24.8 Å². The quantitative estimate of drug-likeness (QED) is 0.866. The monoisotopic (exact) mass is 323 g/mol. The Labute approximate surface area is 133 Å². The first kappa shape index (κ1) is 15.0. The molecule has 5 atom stereocenters. The molecule has 2 bridgehead atoms. The van der Waals surface area contributed by atoms with Crippen molar-refractivity contribution in [2.75, 3.05) is 0 Å². The number of fused-ring (bicyclic) bond motifs is 5. The van der Waals surface area contributed by atoms with Gasteiger partial charge in [0.05, 0.1) is 11.1 Å². The highest BCUT2D eigenvalue weighted by atomic mass is 19.4. The fourth-order valence-electron chi connectivity index (χ4n) is 5.41. The highest BCUT2D eigenvalue weighted by Gasteiger charge is 2.54. The molecule has 0 saturated heterocycles. The van der Waals surface area contributed by atoms with Crippen molar-refractivity contribution in [2.24, 2.45) is 23.7 Å². The molecule has 1 aromatic rings. The maximum absolute atomic E-state index is 13.1. The molecular weight excluding hydrogens is 303 g/mol. The zero-order valence-corrected chi connectivity index (χ0v) is 12.8. The molecule has 3 aliphatic carbocycles. The Morgan fingerprint density at radius 3 is 2.57 bits per heavy atom. The van der Waals surface area contributed by atoms with Gasteiger partial charge in [-0.05, 0) is 61.5 Å². The Balaban J connectivity index is 1.52. The molecule has 0 spiro atoms. The van der Waals surface area contributed by atoms with Crippen molar-refractivity contribution in [3.63, 3.8) is 0 Å². The minimum absolute atomic E-state index is 0.0492. The maximum Gasteiger partial charge on any atom is 0.417 e. The number of hydrogen-bond donors (Lipinski definition) is 1. The largest absolute Gasteiger partial charge is 0.417 e. The van der Waals surface area contributed by atoms with Gasteiger partial charge in [0.1, 0.15) is 0 Å². The van der Waals surface area contributed by atoms with Crippen LogP contribution in [0.25, 0.3) is 0 Å². The van der Waals surface area contributed by atoms with Crippen molar-refractivity contribution in [3.8, 4) is 0 Å². The average molecular weight is 323 g/mol. The van der Waals surface area contributed by atoms with Crippen molar-refractivity contribution >= 4 is 5.91 Å².